The van der Waals surface area contributed by atoms with E-state index in [1.165, 1.54) is 11.3 Å². The Morgan fingerprint density at radius 3 is 2.71 bits per heavy atom. The second-order valence-corrected chi connectivity index (χ2v) is 4.97. The molecule has 0 bridgehead atoms. The van der Waals surface area contributed by atoms with Crippen LogP contribution in [0.1, 0.15) is 37.2 Å². The molecule has 17 heavy (non-hydrogen) atoms. The molecule has 0 fully saturated rings. The predicted molar refractivity (Wildman–Crippen MR) is 73.1 cm³/mol. The van der Waals surface area contributed by atoms with Crippen LogP contribution in [0.4, 0.5) is 0 Å². The van der Waals surface area contributed by atoms with Gasteiger partial charge >= 0.3 is 0 Å². The molecule has 0 saturated carbocycles. The van der Waals surface area contributed by atoms with Gasteiger partial charge in [-0.3, -0.25) is 4.68 Å². The molecule has 1 aromatic heterocycles. The second kappa shape index (κ2) is 6.60. The van der Waals surface area contributed by atoms with Crippen molar-refractivity contribution in [1.82, 2.24) is 15.1 Å². The van der Waals surface area contributed by atoms with E-state index in [2.05, 4.69) is 49.4 Å². The van der Waals surface area contributed by atoms with Crippen LogP contribution in [0.15, 0.2) is 12.7 Å². The van der Waals surface area contributed by atoms with E-state index in [1.807, 2.05) is 6.08 Å². The molecule has 0 aliphatic carbocycles. The Morgan fingerprint density at radius 1 is 1.41 bits per heavy atom. The van der Waals surface area contributed by atoms with Crippen molar-refractivity contribution >= 4 is 0 Å². The van der Waals surface area contributed by atoms with Crippen molar-refractivity contribution in [2.24, 2.45) is 5.92 Å². The molecule has 0 amide bonds. The van der Waals surface area contributed by atoms with Gasteiger partial charge in [0.25, 0.3) is 0 Å². The van der Waals surface area contributed by atoms with Crippen LogP contribution in [0.25, 0.3) is 0 Å². The number of rotatable bonds is 7. The molecule has 1 N–H and O–H groups in total. The second-order valence-electron chi connectivity index (χ2n) is 4.97. The number of aromatic nitrogens is 2. The minimum Gasteiger partial charge on any atom is -0.312 e. The summed E-state index contributed by atoms with van der Waals surface area (Å²) in [5.74, 6) is 0.687. The van der Waals surface area contributed by atoms with E-state index >= 15 is 0 Å². The van der Waals surface area contributed by atoms with E-state index in [-0.39, 0.29) is 0 Å². The molecule has 1 aromatic rings. The average molecular weight is 235 g/mol. The lowest BCUT2D eigenvalue weighted by Crippen LogP contribution is -2.19. The highest BCUT2D eigenvalue weighted by Crippen LogP contribution is 2.13. The van der Waals surface area contributed by atoms with Gasteiger partial charge < -0.3 is 5.32 Å². The van der Waals surface area contributed by atoms with Gasteiger partial charge in [-0.1, -0.05) is 19.9 Å². The lowest BCUT2D eigenvalue weighted by molar-refractivity contribution is 0.549. The SMILES string of the molecule is C=CCCn1nc(C)c(CNCC(C)C)c1C. The van der Waals surface area contributed by atoms with E-state index in [4.69, 9.17) is 0 Å². The Bertz CT molecular complexity index is 364. The summed E-state index contributed by atoms with van der Waals surface area (Å²) in [6.07, 6.45) is 2.91. The average Bonchev–Trinajstić information content (AvgIpc) is 2.53. The van der Waals surface area contributed by atoms with E-state index in [9.17, 15) is 0 Å². The maximum absolute atomic E-state index is 4.57. The molecule has 0 unspecified atom stereocenters. The van der Waals surface area contributed by atoms with Crippen molar-refractivity contribution < 1.29 is 0 Å². The first-order chi connectivity index (χ1) is 8.06. The molecule has 0 atom stereocenters. The molecular weight excluding hydrogens is 210 g/mol. The zero-order valence-electron chi connectivity index (χ0n) is 11.6. The smallest absolute Gasteiger partial charge is 0.0641 e. The van der Waals surface area contributed by atoms with Crippen LogP contribution in [-0.2, 0) is 13.1 Å². The molecule has 3 heteroatoms. The number of allylic oxidation sites excluding steroid dienone is 1. The Labute approximate surface area is 105 Å². The highest BCUT2D eigenvalue weighted by Gasteiger charge is 2.10. The van der Waals surface area contributed by atoms with Gasteiger partial charge in [-0.25, -0.2) is 0 Å². The third-order valence-electron chi connectivity index (χ3n) is 2.93. The molecule has 96 valence electrons. The lowest BCUT2D eigenvalue weighted by Gasteiger charge is -2.08. The zero-order valence-corrected chi connectivity index (χ0v) is 11.6. The van der Waals surface area contributed by atoms with Crippen molar-refractivity contribution in [2.45, 2.75) is 47.2 Å². The summed E-state index contributed by atoms with van der Waals surface area (Å²) in [5, 5.41) is 8.05. The normalized spacial score (nSPS) is 11.1. The first-order valence-electron chi connectivity index (χ1n) is 6.40. The van der Waals surface area contributed by atoms with Crippen LogP contribution in [0.3, 0.4) is 0 Å². The van der Waals surface area contributed by atoms with Crippen LogP contribution in [-0.4, -0.2) is 16.3 Å². The summed E-state index contributed by atoms with van der Waals surface area (Å²) in [4.78, 5) is 0. The summed E-state index contributed by atoms with van der Waals surface area (Å²) in [6.45, 7) is 15.3. The van der Waals surface area contributed by atoms with Crippen LogP contribution in [0, 0.1) is 19.8 Å². The fraction of sp³-hybridized carbons (Fsp3) is 0.643. The molecule has 0 spiro atoms. The third-order valence-corrected chi connectivity index (χ3v) is 2.93. The summed E-state index contributed by atoms with van der Waals surface area (Å²) >= 11 is 0. The molecule has 0 aromatic carbocycles. The van der Waals surface area contributed by atoms with Crippen molar-refractivity contribution in [3.63, 3.8) is 0 Å². The van der Waals surface area contributed by atoms with Crippen LogP contribution in [0.2, 0.25) is 0 Å². The topological polar surface area (TPSA) is 29.9 Å². The van der Waals surface area contributed by atoms with Gasteiger partial charge in [-0.05, 0) is 32.7 Å². The molecule has 0 saturated heterocycles. The molecule has 3 nitrogen and oxygen atoms in total. The Balaban J connectivity index is 2.64. The van der Waals surface area contributed by atoms with E-state index in [0.717, 1.165) is 31.7 Å². The fourth-order valence-corrected chi connectivity index (χ4v) is 1.91. The highest BCUT2D eigenvalue weighted by molar-refractivity contribution is 5.24. The minimum atomic E-state index is 0.687. The third kappa shape index (κ3) is 4.00. The lowest BCUT2D eigenvalue weighted by atomic mass is 10.2. The van der Waals surface area contributed by atoms with Gasteiger partial charge in [0, 0.05) is 24.3 Å². The monoisotopic (exact) mass is 235 g/mol. The molecule has 0 aliphatic heterocycles. The summed E-state index contributed by atoms with van der Waals surface area (Å²) in [7, 11) is 0. The predicted octanol–water partition coefficient (Wildman–Crippen LogP) is 2.82. The fourth-order valence-electron chi connectivity index (χ4n) is 1.91. The van der Waals surface area contributed by atoms with Gasteiger partial charge in [0.2, 0.25) is 0 Å². The molecular formula is C14H25N3. The number of nitrogens with one attached hydrogen (secondary N) is 1. The Morgan fingerprint density at radius 2 is 2.12 bits per heavy atom. The summed E-state index contributed by atoms with van der Waals surface area (Å²) < 4.78 is 2.09. The van der Waals surface area contributed by atoms with Crippen LogP contribution < -0.4 is 5.32 Å². The van der Waals surface area contributed by atoms with E-state index in [1.54, 1.807) is 0 Å². The maximum atomic E-state index is 4.57. The van der Waals surface area contributed by atoms with Crippen molar-refractivity contribution in [3.05, 3.63) is 29.6 Å². The van der Waals surface area contributed by atoms with Crippen molar-refractivity contribution in [3.8, 4) is 0 Å². The maximum Gasteiger partial charge on any atom is 0.0641 e. The van der Waals surface area contributed by atoms with Crippen molar-refractivity contribution in [1.29, 1.82) is 0 Å². The first kappa shape index (κ1) is 14.0. The minimum absolute atomic E-state index is 0.687. The van der Waals surface area contributed by atoms with Gasteiger partial charge in [-0.2, -0.15) is 5.10 Å². The number of hydrogen-bond donors (Lipinski definition) is 1. The first-order valence-corrected chi connectivity index (χ1v) is 6.40. The zero-order chi connectivity index (χ0) is 12.8. The summed E-state index contributed by atoms with van der Waals surface area (Å²) in [6, 6.07) is 0. The van der Waals surface area contributed by atoms with Crippen LogP contribution >= 0.6 is 0 Å². The number of nitrogens with zero attached hydrogens (tertiary/aromatic N) is 2. The highest BCUT2D eigenvalue weighted by atomic mass is 15.3. The molecule has 1 rings (SSSR count). The molecule has 1 heterocycles. The van der Waals surface area contributed by atoms with E-state index in [0.29, 0.717) is 5.92 Å². The van der Waals surface area contributed by atoms with Crippen molar-refractivity contribution in [2.75, 3.05) is 6.54 Å². The van der Waals surface area contributed by atoms with E-state index < -0.39 is 0 Å². The molecule has 0 radical (unpaired) electrons. The number of hydrogen-bond acceptors (Lipinski definition) is 2. The van der Waals surface area contributed by atoms with Gasteiger partial charge in [0.05, 0.1) is 5.69 Å². The Hall–Kier alpha value is -1.09. The van der Waals surface area contributed by atoms with Gasteiger partial charge in [0.15, 0.2) is 0 Å². The standard InChI is InChI=1S/C14H25N3/c1-6-7-8-17-13(5)14(12(4)16-17)10-15-9-11(2)3/h6,11,15H,1,7-10H2,2-5H3. The van der Waals surface area contributed by atoms with Gasteiger partial charge in [-0.15, -0.1) is 6.58 Å². The number of aryl methyl sites for hydroxylation is 2. The largest absolute Gasteiger partial charge is 0.312 e. The Kier molecular flexibility index (Phi) is 5.42. The molecule has 0 aliphatic rings. The summed E-state index contributed by atoms with van der Waals surface area (Å²) in [5.41, 5.74) is 3.76. The quantitative estimate of drug-likeness (QED) is 0.737. The van der Waals surface area contributed by atoms with Gasteiger partial charge in [0.1, 0.15) is 0 Å². The van der Waals surface area contributed by atoms with Crippen LogP contribution in [0.5, 0.6) is 0 Å².